The van der Waals surface area contributed by atoms with E-state index in [0.29, 0.717) is 13.1 Å². The van der Waals surface area contributed by atoms with E-state index in [-0.39, 0.29) is 6.03 Å². The van der Waals surface area contributed by atoms with Gasteiger partial charge in [0.2, 0.25) is 0 Å². The van der Waals surface area contributed by atoms with Crippen LogP contribution in [0, 0.1) is 0 Å². The van der Waals surface area contributed by atoms with Crippen molar-refractivity contribution in [2.24, 2.45) is 0 Å². The summed E-state index contributed by atoms with van der Waals surface area (Å²) >= 11 is 1.57. The predicted octanol–water partition coefficient (Wildman–Crippen LogP) is 2.40. The van der Waals surface area contributed by atoms with E-state index in [1.807, 2.05) is 46.4 Å². The van der Waals surface area contributed by atoms with E-state index in [0.717, 1.165) is 22.0 Å². The minimum Gasteiger partial charge on any atom is -0.497 e. The number of urea groups is 1. The molecule has 114 valence electrons. The highest BCUT2D eigenvalue weighted by molar-refractivity contribution is 7.15. The number of nitrogens with zero attached hydrogens (tertiary/aromatic N) is 2. The first kappa shape index (κ1) is 14.4. The molecule has 0 aliphatic heterocycles. The van der Waals surface area contributed by atoms with Gasteiger partial charge in [-0.25, -0.2) is 9.78 Å². The highest BCUT2D eigenvalue weighted by Crippen LogP contribution is 2.12. The van der Waals surface area contributed by atoms with Gasteiger partial charge in [0.1, 0.15) is 5.75 Å². The van der Waals surface area contributed by atoms with Crippen LogP contribution in [0.1, 0.15) is 11.3 Å². The van der Waals surface area contributed by atoms with Crippen LogP contribution < -0.4 is 15.4 Å². The molecule has 7 heteroatoms. The maximum absolute atomic E-state index is 11.8. The Bertz CT molecular complexity index is 752. The highest BCUT2D eigenvalue weighted by Gasteiger charge is 2.05. The zero-order valence-electron chi connectivity index (χ0n) is 12.1. The van der Waals surface area contributed by atoms with Crippen LogP contribution in [0.3, 0.4) is 0 Å². The molecule has 0 fully saturated rings. The Morgan fingerprint density at radius 3 is 3.05 bits per heavy atom. The number of thiazole rings is 1. The molecule has 2 N–H and O–H groups in total. The van der Waals surface area contributed by atoms with E-state index < -0.39 is 0 Å². The lowest BCUT2D eigenvalue weighted by atomic mass is 10.2. The second kappa shape index (κ2) is 6.48. The zero-order valence-corrected chi connectivity index (χ0v) is 12.9. The summed E-state index contributed by atoms with van der Waals surface area (Å²) < 4.78 is 7.09. The lowest BCUT2D eigenvalue weighted by Crippen LogP contribution is -2.34. The van der Waals surface area contributed by atoms with Gasteiger partial charge in [-0.15, -0.1) is 11.3 Å². The molecule has 0 unspecified atom stereocenters. The van der Waals surface area contributed by atoms with E-state index >= 15 is 0 Å². The van der Waals surface area contributed by atoms with Crippen LogP contribution in [0.25, 0.3) is 4.96 Å². The summed E-state index contributed by atoms with van der Waals surface area (Å²) in [4.78, 5) is 17.1. The number of hydrogen-bond acceptors (Lipinski definition) is 4. The second-order valence-electron chi connectivity index (χ2n) is 4.71. The van der Waals surface area contributed by atoms with Crippen molar-refractivity contribution in [1.82, 2.24) is 20.0 Å². The van der Waals surface area contributed by atoms with Crippen molar-refractivity contribution in [3.05, 3.63) is 53.3 Å². The van der Waals surface area contributed by atoms with Crippen molar-refractivity contribution < 1.29 is 9.53 Å². The van der Waals surface area contributed by atoms with E-state index in [1.165, 1.54) is 0 Å². The van der Waals surface area contributed by atoms with Crippen LogP contribution in [0.5, 0.6) is 5.75 Å². The molecule has 0 saturated heterocycles. The number of aromatic nitrogens is 2. The van der Waals surface area contributed by atoms with Crippen LogP contribution in [0.15, 0.2) is 42.0 Å². The van der Waals surface area contributed by atoms with Gasteiger partial charge in [-0.3, -0.25) is 4.40 Å². The number of amides is 2. The minimum atomic E-state index is -0.223. The summed E-state index contributed by atoms with van der Waals surface area (Å²) in [5.41, 5.74) is 1.82. The Morgan fingerprint density at radius 2 is 2.23 bits per heavy atom. The molecule has 6 nitrogen and oxygen atoms in total. The van der Waals surface area contributed by atoms with E-state index in [2.05, 4.69) is 15.6 Å². The van der Waals surface area contributed by atoms with Gasteiger partial charge in [-0.05, 0) is 17.7 Å². The standard InChI is InChI=1S/C15H16N4O2S/c1-21-13-4-2-3-11(7-13)8-16-14(20)17-9-12-10-19-5-6-22-15(19)18-12/h2-7,10H,8-9H2,1H3,(H2,16,17,20). The van der Waals surface area contributed by atoms with Crippen molar-refractivity contribution in [2.45, 2.75) is 13.1 Å². The highest BCUT2D eigenvalue weighted by atomic mass is 32.1. The van der Waals surface area contributed by atoms with E-state index in [4.69, 9.17) is 4.74 Å². The molecule has 0 bridgehead atoms. The van der Waals surface area contributed by atoms with Crippen molar-refractivity contribution in [1.29, 1.82) is 0 Å². The van der Waals surface area contributed by atoms with E-state index in [1.54, 1.807) is 18.4 Å². The molecular weight excluding hydrogens is 300 g/mol. The number of carbonyl (C=O) groups is 1. The Kier molecular flexibility index (Phi) is 4.24. The molecular formula is C15H16N4O2S. The summed E-state index contributed by atoms with van der Waals surface area (Å²) in [6.07, 6.45) is 3.85. The summed E-state index contributed by atoms with van der Waals surface area (Å²) in [5, 5.41) is 7.58. The molecule has 0 spiro atoms. The average Bonchev–Trinajstić information content (AvgIpc) is 3.12. The Balaban J connectivity index is 1.48. The first-order valence-electron chi connectivity index (χ1n) is 6.80. The summed E-state index contributed by atoms with van der Waals surface area (Å²) in [7, 11) is 1.62. The lowest BCUT2D eigenvalue weighted by Gasteiger charge is -2.07. The number of nitrogens with one attached hydrogen (secondary N) is 2. The summed E-state index contributed by atoms with van der Waals surface area (Å²) in [5.74, 6) is 0.776. The van der Waals surface area contributed by atoms with Gasteiger partial charge in [0.05, 0.1) is 19.3 Å². The van der Waals surface area contributed by atoms with E-state index in [9.17, 15) is 4.79 Å². The molecule has 22 heavy (non-hydrogen) atoms. The molecule has 2 amide bonds. The second-order valence-corrected chi connectivity index (χ2v) is 5.59. The molecule has 0 aliphatic rings. The quantitative estimate of drug-likeness (QED) is 0.759. The van der Waals surface area contributed by atoms with Crippen LogP contribution in [0.4, 0.5) is 4.79 Å². The number of rotatable bonds is 5. The number of ether oxygens (including phenoxy) is 1. The van der Waals surface area contributed by atoms with Gasteiger partial charge in [0.25, 0.3) is 0 Å². The fraction of sp³-hybridized carbons (Fsp3) is 0.200. The fourth-order valence-electron chi connectivity index (χ4n) is 2.06. The molecule has 3 aromatic rings. The Hall–Kier alpha value is -2.54. The molecule has 3 rings (SSSR count). The molecule has 1 aromatic carbocycles. The molecule has 0 atom stereocenters. The molecule has 0 aliphatic carbocycles. The van der Waals surface area contributed by atoms with Crippen LogP contribution in [0.2, 0.25) is 0 Å². The van der Waals surface area contributed by atoms with Crippen molar-refractivity contribution in [2.75, 3.05) is 7.11 Å². The average molecular weight is 316 g/mol. The van der Waals surface area contributed by atoms with Crippen LogP contribution in [-0.2, 0) is 13.1 Å². The normalized spacial score (nSPS) is 10.6. The van der Waals surface area contributed by atoms with Gasteiger partial charge < -0.3 is 15.4 Å². The first-order valence-corrected chi connectivity index (χ1v) is 7.68. The topological polar surface area (TPSA) is 67.7 Å². The molecule has 0 radical (unpaired) electrons. The maximum atomic E-state index is 11.8. The number of fused-ring (bicyclic) bond motifs is 1. The summed E-state index contributed by atoms with van der Waals surface area (Å²) in [6.45, 7) is 0.847. The monoisotopic (exact) mass is 316 g/mol. The summed E-state index contributed by atoms with van der Waals surface area (Å²) in [6, 6.07) is 7.37. The van der Waals surface area contributed by atoms with Crippen LogP contribution >= 0.6 is 11.3 Å². The van der Waals surface area contributed by atoms with Crippen LogP contribution in [-0.4, -0.2) is 22.5 Å². The van der Waals surface area contributed by atoms with Crippen molar-refractivity contribution in [3.63, 3.8) is 0 Å². The Labute approximate surface area is 131 Å². The SMILES string of the molecule is COc1cccc(CNC(=O)NCc2cn3ccsc3n2)c1. The number of carbonyl (C=O) groups excluding carboxylic acids is 1. The molecule has 0 saturated carbocycles. The number of benzene rings is 1. The molecule has 2 heterocycles. The lowest BCUT2D eigenvalue weighted by molar-refractivity contribution is 0.240. The van der Waals surface area contributed by atoms with Gasteiger partial charge in [-0.1, -0.05) is 12.1 Å². The zero-order chi connectivity index (χ0) is 15.4. The Morgan fingerprint density at radius 1 is 1.36 bits per heavy atom. The number of hydrogen-bond donors (Lipinski definition) is 2. The predicted molar refractivity (Wildman–Crippen MR) is 85.1 cm³/mol. The first-order chi connectivity index (χ1) is 10.7. The fourth-order valence-corrected chi connectivity index (χ4v) is 2.78. The minimum absolute atomic E-state index is 0.223. The van der Waals surface area contributed by atoms with Gasteiger partial charge in [0, 0.05) is 24.3 Å². The third-order valence-electron chi connectivity index (χ3n) is 3.16. The maximum Gasteiger partial charge on any atom is 0.315 e. The van der Waals surface area contributed by atoms with Crippen molar-refractivity contribution in [3.8, 4) is 5.75 Å². The number of methoxy groups -OCH3 is 1. The smallest absolute Gasteiger partial charge is 0.315 e. The molecule has 2 aromatic heterocycles. The van der Waals surface area contributed by atoms with Crippen molar-refractivity contribution >= 4 is 22.3 Å². The van der Waals surface area contributed by atoms with Gasteiger partial charge >= 0.3 is 6.03 Å². The third-order valence-corrected chi connectivity index (χ3v) is 3.93. The van der Waals surface area contributed by atoms with Gasteiger partial charge in [-0.2, -0.15) is 0 Å². The third kappa shape index (κ3) is 3.37. The largest absolute Gasteiger partial charge is 0.497 e. The number of imidazole rings is 1. The van der Waals surface area contributed by atoms with Gasteiger partial charge in [0.15, 0.2) is 4.96 Å².